The molecule has 1 fully saturated rings. The summed E-state index contributed by atoms with van der Waals surface area (Å²) in [6, 6.07) is 15.0. The second kappa shape index (κ2) is 11.3. The lowest BCUT2D eigenvalue weighted by molar-refractivity contribution is -0.121. The van der Waals surface area contributed by atoms with Gasteiger partial charge in [0.1, 0.15) is 5.75 Å². The lowest BCUT2D eigenvalue weighted by Gasteiger charge is -2.33. The lowest BCUT2D eigenvalue weighted by Crippen LogP contribution is -2.36. The molecular weight excluding hydrogens is 414 g/mol. The van der Waals surface area contributed by atoms with E-state index in [4.69, 9.17) is 4.74 Å². The zero-order chi connectivity index (χ0) is 23.0. The Morgan fingerprint density at radius 3 is 2.76 bits per heavy atom. The highest BCUT2D eigenvalue weighted by Gasteiger charge is 2.18. The van der Waals surface area contributed by atoms with Crippen LogP contribution in [0.2, 0.25) is 0 Å². The summed E-state index contributed by atoms with van der Waals surface area (Å²) in [4.78, 5) is 26.2. The maximum Gasteiger partial charge on any atom is 0.224 e. The predicted molar refractivity (Wildman–Crippen MR) is 130 cm³/mol. The summed E-state index contributed by atoms with van der Waals surface area (Å²) in [7, 11) is 0. The van der Waals surface area contributed by atoms with Crippen LogP contribution in [0, 0.1) is 0 Å². The molecule has 6 heteroatoms. The van der Waals surface area contributed by atoms with Crippen molar-refractivity contribution in [3.05, 3.63) is 59.2 Å². The SMILES string of the molecule is CC1CCCCN1Cc1ccc(CNC(=O)CCCOc2ccc3c(c2)CCC(=O)N3)cc1. The van der Waals surface area contributed by atoms with E-state index >= 15 is 0 Å². The van der Waals surface area contributed by atoms with Crippen LogP contribution in [0.5, 0.6) is 5.75 Å². The average molecular weight is 450 g/mol. The molecule has 2 heterocycles. The summed E-state index contributed by atoms with van der Waals surface area (Å²) in [5, 5.41) is 5.88. The van der Waals surface area contributed by atoms with Crippen LogP contribution in [0.25, 0.3) is 0 Å². The van der Waals surface area contributed by atoms with Gasteiger partial charge in [-0.2, -0.15) is 0 Å². The van der Waals surface area contributed by atoms with Crippen LogP contribution in [0.3, 0.4) is 0 Å². The molecule has 4 rings (SSSR count). The van der Waals surface area contributed by atoms with Gasteiger partial charge in [0.05, 0.1) is 6.61 Å². The van der Waals surface area contributed by atoms with Crippen LogP contribution >= 0.6 is 0 Å². The Morgan fingerprint density at radius 2 is 1.94 bits per heavy atom. The standard InChI is InChI=1S/C27H35N3O3/c1-20-5-2-3-15-30(20)19-22-9-7-21(8-10-22)18-28-26(31)6-4-16-33-24-12-13-25-23(17-24)11-14-27(32)29-25/h7-10,12-13,17,20H,2-6,11,14-16,18-19H2,1H3,(H,28,31)(H,29,32). The highest BCUT2D eigenvalue weighted by molar-refractivity contribution is 5.94. The van der Waals surface area contributed by atoms with Gasteiger partial charge in [-0.05, 0) is 74.0 Å². The van der Waals surface area contributed by atoms with Gasteiger partial charge < -0.3 is 15.4 Å². The minimum Gasteiger partial charge on any atom is -0.494 e. The van der Waals surface area contributed by atoms with Crippen LogP contribution in [0.15, 0.2) is 42.5 Å². The van der Waals surface area contributed by atoms with E-state index < -0.39 is 0 Å². The molecule has 1 atom stereocenters. The first-order valence-electron chi connectivity index (χ1n) is 12.2. The molecule has 176 valence electrons. The first-order chi connectivity index (χ1) is 16.1. The number of amides is 2. The van der Waals surface area contributed by atoms with E-state index in [0.717, 1.165) is 35.5 Å². The summed E-state index contributed by atoms with van der Waals surface area (Å²) >= 11 is 0. The number of hydrogen-bond acceptors (Lipinski definition) is 4. The number of hydrogen-bond donors (Lipinski definition) is 2. The van der Waals surface area contributed by atoms with Crippen molar-refractivity contribution in [3.63, 3.8) is 0 Å². The van der Waals surface area contributed by atoms with Crippen LogP contribution < -0.4 is 15.4 Å². The van der Waals surface area contributed by atoms with E-state index in [1.165, 1.54) is 31.4 Å². The third kappa shape index (κ3) is 6.81. The number of ether oxygens (including phenoxy) is 1. The van der Waals surface area contributed by atoms with Gasteiger partial charge in [-0.3, -0.25) is 14.5 Å². The van der Waals surface area contributed by atoms with E-state index in [1.807, 2.05) is 18.2 Å². The summed E-state index contributed by atoms with van der Waals surface area (Å²) in [6.07, 6.45) is 6.28. The molecule has 1 saturated heterocycles. The van der Waals surface area contributed by atoms with Crippen LogP contribution in [0.1, 0.15) is 62.1 Å². The van der Waals surface area contributed by atoms with Crippen LogP contribution in [-0.4, -0.2) is 35.9 Å². The average Bonchev–Trinajstić information content (AvgIpc) is 2.83. The summed E-state index contributed by atoms with van der Waals surface area (Å²) in [5.74, 6) is 0.882. The Balaban J connectivity index is 1.13. The number of nitrogens with one attached hydrogen (secondary N) is 2. The number of rotatable bonds is 9. The minimum absolute atomic E-state index is 0.0398. The Hall–Kier alpha value is -2.86. The van der Waals surface area contributed by atoms with Gasteiger partial charge in [0.15, 0.2) is 0 Å². The molecule has 2 amide bonds. The number of nitrogens with zero attached hydrogens (tertiary/aromatic N) is 1. The predicted octanol–water partition coefficient (Wildman–Crippen LogP) is 4.42. The molecule has 0 spiro atoms. The second-order valence-electron chi connectivity index (χ2n) is 9.23. The van der Waals surface area contributed by atoms with Crippen molar-refractivity contribution < 1.29 is 14.3 Å². The third-order valence-corrected chi connectivity index (χ3v) is 6.63. The maximum absolute atomic E-state index is 12.2. The number of fused-ring (bicyclic) bond motifs is 1. The molecule has 0 saturated carbocycles. The zero-order valence-corrected chi connectivity index (χ0v) is 19.6. The van der Waals surface area contributed by atoms with Crippen molar-refractivity contribution in [2.45, 2.75) is 71.0 Å². The van der Waals surface area contributed by atoms with Crippen molar-refractivity contribution in [2.24, 2.45) is 0 Å². The largest absolute Gasteiger partial charge is 0.494 e. The van der Waals surface area contributed by atoms with Gasteiger partial charge in [-0.15, -0.1) is 0 Å². The van der Waals surface area contributed by atoms with E-state index in [-0.39, 0.29) is 11.8 Å². The van der Waals surface area contributed by atoms with Crippen molar-refractivity contribution in [1.29, 1.82) is 0 Å². The molecule has 6 nitrogen and oxygen atoms in total. The molecular formula is C27H35N3O3. The van der Waals surface area contributed by atoms with Gasteiger partial charge in [0.2, 0.25) is 11.8 Å². The van der Waals surface area contributed by atoms with Gasteiger partial charge in [-0.25, -0.2) is 0 Å². The van der Waals surface area contributed by atoms with E-state index in [1.54, 1.807) is 0 Å². The molecule has 1 unspecified atom stereocenters. The highest BCUT2D eigenvalue weighted by atomic mass is 16.5. The number of benzene rings is 2. The van der Waals surface area contributed by atoms with E-state index in [2.05, 4.69) is 46.7 Å². The first kappa shape index (κ1) is 23.3. The Morgan fingerprint density at radius 1 is 1.12 bits per heavy atom. The van der Waals surface area contributed by atoms with Crippen molar-refractivity contribution in [3.8, 4) is 5.75 Å². The molecule has 0 bridgehead atoms. The van der Waals surface area contributed by atoms with E-state index in [9.17, 15) is 9.59 Å². The topological polar surface area (TPSA) is 70.7 Å². The van der Waals surface area contributed by atoms with Crippen LogP contribution in [-0.2, 0) is 29.1 Å². The second-order valence-corrected chi connectivity index (χ2v) is 9.23. The number of carbonyl (C=O) groups excluding carboxylic acids is 2. The van der Waals surface area contributed by atoms with Gasteiger partial charge in [-0.1, -0.05) is 30.7 Å². The van der Waals surface area contributed by atoms with Gasteiger partial charge >= 0.3 is 0 Å². The highest BCUT2D eigenvalue weighted by Crippen LogP contribution is 2.27. The molecule has 0 aliphatic carbocycles. The summed E-state index contributed by atoms with van der Waals surface area (Å²) < 4.78 is 5.80. The van der Waals surface area contributed by atoms with Gasteiger partial charge in [0, 0.05) is 37.7 Å². The molecule has 2 N–H and O–H groups in total. The monoisotopic (exact) mass is 449 g/mol. The quantitative estimate of drug-likeness (QED) is 0.556. The van der Waals surface area contributed by atoms with E-state index in [0.29, 0.717) is 38.5 Å². The molecule has 2 aliphatic heterocycles. The molecule has 0 aromatic heterocycles. The smallest absolute Gasteiger partial charge is 0.224 e. The normalized spacial score (nSPS) is 18.3. The molecule has 2 aromatic rings. The number of piperidine rings is 1. The Bertz CT molecular complexity index is 958. The van der Waals surface area contributed by atoms with Crippen molar-refractivity contribution >= 4 is 17.5 Å². The number of aryl methyl sites for hydroxylation is 1. The van der Waals surface area contributed by atoms with Gasteiger partial charge in [0.25, 0.3) is 0 Å². The maximum atomic E-state index is 12.2. The Labute approximate surface area is 196 Å². The fourth-order valence-electron chi connectivity index (χ4n) is 4.55. The zero-order valence-electron chi connectivity index (χ0n) is 19.6. The van der Waals surface area contributed by atoms with Crippen LogP contribution in [0.4, 0.5) is 5.69 Å². The number of likely N-dealkylation sites (tertiary alicyclic amines) is 1. The number of anilines is 1. The lowest BCUT2D eigenvalue weighted by atomic mass is 10.0. The first-order valence-corrected chi connectivity index (χ1v) is 12.2. The van der Waals surface area contributed by atoms with Crippen molar-refractivity contribution in [2.75, 3.05) is 18.5 Å². The third-order valence-electron chi connectivity index (χ3n) is 6.63. The summed E-state index contributed by atoms with van der Waals surface area (Å²) in [5.41, 5.74) is 4.42. The summed E-state index contributed by atoms with van der Waals surface area (Å²) in [6.45, 7) is 5.56. The minimum atomic E-state index is 0.0398. The Kier molecular flexibility index (Phi) is 8.00. The molecule has 2 aromatic carbocycles. The fraction of sp³-hybridized carbons (Fsp3) is 0.481. The molecule has 0 radical (unpaired) electrons. The molecule has 33 heavy (non-hydrogen) atoms. The number of carbonyl (C=O) groups is 2. The molecule has 2 aliphatic rings. The fourth-order valence-corrected chi connectivity index (χ4v) is 4.55. The van der Waals surface area contributed by atoms with Crippen molar-refractivity contribution in [1.82, 2.24) is 10.2 Å².